The zero-order valence-electron chi connectivity index (χ0n) is 13.1. The molecule has 0 aromatic heterocycles. The summed E-state index contributed by atoms with van der Waals surface area (Å²) in [5.41, 5.74) is 0.316. The maximum atomic E-state index is 10.4. The van der Waals surface area contributed by atoms with Crippen LogP contribution in [0, 0.1) is 5.92 Å². The van der Waals surface area contributed by atoms with Crippen LogP contribution < -0.4 is 0 Å². The van der Waals surface area contributed by atoms with Crippen molar-refractivity contribution >= 4 is 0 Å². The molecule has 0 amide bonds. The number of hydrogen-bond acceptors (Lipinski definition) is 4. The van der Waals surface area contributed by atoms with Gasteiger partial charge in [-0.1, -0.05) is 44.2 Å². The number of ether oxygens (including phenoxy) is 2. The van der Waals surface area contributed by atoms with Crippen molar-refractivity contribution in [3.63, 3.8) is 0 Å². The Morgan fingerprint density at radius 1 is 1.24 bits per heavy atom. The lowest BCUT2D eigenvalue weighted by atomic mass is 9.93. The molecule has 4 nitrogen and oxygen atoms in total. The lowest BCUT2D eigenvalue weighted by Gasteiger charge is -2.34. The highest BCUT2D eigenvalue weighted by molar-refractivity contribution is 5.13. The van der Waals surface area contributed by atoms with Crippen molar-refractivity contribution < 1.29 is 19.7 Å². The second-order valence-corrected chi connectivity index (χ2v) is 6.43. The van der Waals surface area contributed by atoms with E-state index in [1.807, 2.05) is 51.1 Å². The lowest BCUT2D eigenvalue weighted by Crippen LogP contribution is -2.46. The maximum Gasteiger partial charge on any atom is 0.168 e. The third kappa shape index (κ3) is 3.83. The molecule has 118 valence electrons. The summed E-state index contributed by atoms with van der Waals surface area (Å²) in [6, 6.07) is 9.84. The zero-order valence-corrected chi connectivity index (χ0v) is 13.1. The van der Waals surface area contributed by atoms with Crippen LogP contribution in [-0.4, -0.2) is 34.3 Å². The first-order valence-electron chi connectivity index (χ1n) is 7.58. The molecule has 1 aliphatic heterocycles. The number of aliphatic hydroxyl groups excluding tert-OH is 1. The van der Waals surface area contributed by atoms with Crippen LogP contribution in [-0.2, 0) is 16.1 Å². The van der Waals surface area contributed by atoms with Gasteiger partial charge < -0.3 is 19.7 Å². The minimum Gasteiger partial charge on any atom is -0.388 e. The van der Waals surface area contributed by atoms with Crippen molar-refractivity contribution in [1.82, 2.24) is 0 Å². The van der Waals surface area contributed by atoms with Gasteiger partial charge in [-0.25, -0.2) is 0 Å². The molecule has 1 aliphatic rings. The molecule has 2 rings (SSSR count). The molecule has 1 saturated heterocycles. The van der Waals surface area contributed by atoms with Crippen LogP contribution in [0.4, 0.5) is 0 Å². The molecule has 4 heteroatoms. The number of aliphatic hydroxyl groups is 2. The number of hydrogen-bond donors (Lipinski definition) is 2. The molecule has 0 unspecified atom stereocenters. The van der Waals surface area contributed by atoms with E-state index in [2.05, 4.69) is 0 Å². The van der Waals surface area contributed by atoms with Crippen molar-refractivity contribution in [3.05, 3.63) is 35.9 Å². The first-order chi connectivity index (χ1) is 9.86. The fraction of sp³-hybridized carbons (Fsp3) is 0.647. The topological polar surface area (TPSA) is 58.9 Å². The van der Waals surface area contributed by atoms with E-state index >= 15 is 0 Å². The van der Waals surface area contributed by atoms with Gasteiger partial charge in [0.25, 0.3) is 0 Å². The van der Waals surface area contributed by atoms with E-state index in [4.69, 9.17) is 9.47 Å². The molecular weight excluding hydrogens is 268 g/mol. The zero-order chi connectivity index (χ0) is 15.5. The van der Waals surface area contributed by atoms with E-state index in [0.717, 1.165) is 5.56 Å². The fourth-order valence-electron chi connectivity index (χ4n) is 2.61. The summed E-state index contributed by atoms with van der Waals surface area (Å²) in [5, 5.41) is 20.7. The third-order valence-corrected chi connectivity index (χ3v) is 4.38. The van der Waals surface area contributed by atoms with Crippen LogP contribution in [0.25, 0.3) is 0 Å². The molecule has 0 saturated carbocycles. The van der Waals surface area contributed by atoms with Gasteiger partial charge in [-0.05, 0) is 18.9 Å². The van der Waals surface area contributed by atoms with Gasteiger partial charge in [0.05, 0.1) is 18.8 Å². The van der Waals surface area contributed by atoms with Crippen molar-refractivity contribution in [2.45, 2.75) is 57.7 Å². The van der Waals surface area contributed by atoms with Gasteiger partial charge in [-0.3, -0.25) is 0 Å². The quantitative estimate of drug-likeness (QED) is 0.846. The normalized spacial score (nSPS) is 30.8. The minimum atomic E-state index is -1.14. The van der Waals surface area contributed by atoms with Crippen molar-refractivity contribution in [2.24, 2.45) is 5.92 Å². The lowest BCUT2D eigenvalue weighted by molar-refractivity contribution is -0.264. The largest absolute Gasteiger partial charge is 0.388 e. The second-order valence-electron chi connectivity index (χ2n) is 6.43. The Labute approximate surface area is 126 Å². The Morgan fingerprint density at radius 3 is 2.48 bits per heavy atom. The second kappa shape index (κ2) is 6.44. The summed E-state index contributed by atoms with van der Waals surface area (Å²) >= 11 is 0. The Bertz CT molecular complexity index is 447. The van der Waals surface area contributed by atoms with Gasteiger partial charge in [0, 0.05) is 12.3 Å². The van der Waals surface area contributed by atoms with E-state index in [1.54, 1.807) is 0 Å². The van der Waals surface area contributed by atoms with Gasteiger partial charge in [0.1, 0.15) is 6.10 Å². The molecule has 0 spiro atoms. The van der Waals surface area contributed by atoms with Crippen LogP contribution in [0.15, 0.2) is 30.3 Å². The highest BCUT2D eigenvalue weighted by Gasteiger charge is 2.50. The molecular formula is C17H26O4. The van der Waals surface area contributed by atoms with Gasteiger partial charge >= 0.3 is 0 Å². The molecule has 2 N–H and O–H groups in total. The van der Waals surface area contributed by atoms with Crippen molar-refractivity contribution in [2.75, 3.05) is 6.61 Å². The summed E-state index contributed by atoms with van der Waals surface area (Å²) in [6.45, 7) is 6.33. The predicted molar refractivity (Wildman–Crippen MR) is 80.6 cm³/mol. The van der Waals surface area contributed by atoms with Crippen LogP contribution in [0.5, 0.6) is 0 Å². The van der Waals surface area contributed by atoms with E-state index in [1.165, 1.54) is 0 Å². The molecule has 0 aliphatic carbocycles. The molecule has 1 fully saturated rings. The molecule has 0 bridgehead atoms. The Balaban J connectivity index is 1.84. The number of rotatable bonds is 6. The molecule has 3 atom stereocenters. The minimum absolute atomic E-state index is 0.00300. The molecule has 1 aromatic rings. The summed E-state index contributed by atoms with van der Waals surface area (Å²) < 4.78 is 11.4. The fourth-order valence-corrected chi connectivity index (χ4v) is 2.61. The van der Waals surface area contributed by atoms with Crippen LogP contribution in [0.2, 0.25) is 0 Å². The highest BCUT2D eigenvalue weighted by atomic mass is 16.7. The third-order valence-electron chi connectivity index (χ3n) is 4.38. The highest BCUT2D eigenvalue weighted by Crippen LogP contribution is 2.42. The first kappa shape index (κ1) is 16.4. The van der Waals surface area contributed by atoms with E-state index in [-0.39, 0.29) is 12.5 Å². The van der Waals surface area contributed by atoms with Gasteiger partial charge in [0.2, 0.25) is 0 Å². The van der Waals surface area contributed by atoms with Crippen molar-refractivity contribution in [3.8, 4) is 0 Å². The van der Waals surface area contributed by atoms with Gasteiger partial charge in [-0.2, -0.15) is 0 Å². The Hall–Kier alpha value is -0.940. The van der Waals surface area contributed by atoms with Gasteiger partial charge in [0.15, 0.2) is 5.79 Å². The smallest absolute Gasteiger partial charge is 0.168 e. The standard InChI is InChI=1S/C17H26O4/c1-13(2)17(19)10-9-16(3,21-17)15(18)12-20-11-14-7-5-4-6-8-14/h4-8,13,15,18-19H,9-12H2,1-3H3/t15-,16-,17+/m0/s1. The SMILES string of the molecule is CC(C)[C@@]1(O)CC[C@@](C)([C@@H](O)COCc2ccccc2)O1. The summed E-state index contributed by atoms with van der Waals surface area (Å²) in [7, 11) is 0. The summed E-state index contributed by atoms with van der Waals surface area (Å²) in [4.78, 5) is 0. The van der Waals surface area contributed by atoms with E-state index < -0.39 is 17.5 Å². The molecule has 1 aromatic carbocycles. The van der Waals surface area contributed by atoms with Gasteiger partial charge in [-0.15, -0.1) is 0 Å². The summed E-state index contributed by atoms with van der Waals surface area (Å²) in [5.74, 6) is -1.15. The average Bonchev–Trinajstić information content (AvgIpc) is 2.79. The predicted octanol–water partition coefficient (Wildman–Crippen LogP) is 2.48. The Morgan fingerprint density at radius 2 is 1.90 bits per heavy atom. The van der Waals surface area contributed by atoms with Crippen LogP contribution in [0.1, 0.15) is 39.2 Å². The van der Waals surface area contributed by atoms with Crippen molar-refractivity contribution in [1.29, 1.82) is 0 Å². The first-order valence-corrected chi connectivity index (χ1v) is 7.58. The van der Waals surface area contributed by atoms with E-state index in [0.29, 0.717) is 19.4 Å². The molecule has 0 radical (unpaired) electrons. The molecule has 21 heavy (non-hydrogen) atoms. The maximum absolute atomic E-state index is 10.4. The number of benzene rings is 1. The average molecular weight is 294 g/mol. The van der Waals surface area contributed by atoms with Crippen LogP contribution >= 0.6 is 0 Å². The molecule has 1 heterocycles. The monoisotopic (exact) mass is 294 g/mol. The van der Waals surface area contributed by atoms with E-state index in [9.17, 15) is 10.2 Å². The van der Waals surface area contributed by atoms with Crippen LogP contribution in [0.3, 0.4) is 0 Å². The Kier molecular flexibility index (Phi) is 5.04. The summed E-state index contributed by atoms with van der Waals surface area (Å²) in [6.07, 6.45) is 0.406.